The molecular weight excluding hydrogens is 262 g/mol. The quantitative estimate of drug-likeness (QED) is 0.670. The number of hydrogen-bond donors (Lipinski definition) is 1. The first kappa shape index (κ1) is 13.5. The van der Waals surface area contributed by atoms with Crippen LogP contribution in [-0.4, -0.2) is 9.91 Å². The van der Waals surface area contributed by atoms with Gasteiger partial charge in [-0.1, -0.05) is 6.92 Å². The van der Waals surface area contributed by atoms with E-state index >= 15 is 0 Å². The summed E-state index contributed by atoms with van der Waals surface area (Å²) < 4.78 is 0. The van der Waals surface area contributed by atoms with Crippen molar-refractivity contribution in [3.05, 3.63) is 49.8 Å². The molecule has 0 bridgehead atoms. The Balaban J connectivity index is 2.20. The summed E-state index contributed by atoms with van der Waals surface area (Å²) in [7, 11) is 0. The number of aromatic nitrogens is 1. The lowest BCUT2D eigenvalue weighted by atomic mass is 10.2. The Morgan fingerprint density at radius 2 is 2.26 bits per heavy atom. The highest BCUT2D eigenvalue weighted by atomic mass is 32.1. The molecule has 0 radical (unpaired) electrons. The minimum absolute atomic E-state index is 0.0529. The lowest BCUT2D eigenvalue weighted by Gasteiger charge is -2.07. The molecule has 0 unspecified atom stereocenters. The third-order valence-corrected chi connectivity index (χ3v) is 3.91. The van der Waals surface area contributed by atoms with Crippen molar-refractivity contribution in [2.45, 2.75) is 26.8 Å². The monoisotopic (exact) mass is 277 g/mol. The van der Waals surface area contributed by atoms with E-state index in [1.807, 2.05) is 5.38 Å². The number of pyridine rings is 1. The van der Waals surface area contributed by atoms with Crippen molar-refractivity contribution in [1.29, 1.82) is 0 Å². The van der Waals surface area contributed by atoms with Gasteiger partial charge in [-0.3, -0.25) is 10.1 Å². The lowest BCUT2D eigenvalue weighted by molar-refractivity contribution is -0.384. The Labute approximate surface area is 115 Å². The van der Waals surface area contributed by atoms with Gasteiger partial charge in [0.15, 0.2) is 0 Å². The SMILES string of the molecule is CCc1ccsc1CNc1nccc(C)c1[N+](=O)[O-]. The molecule has 1 N–H and O–H groups in total. The van der Waals surface area contributed by atoms with Crippen LogP contribution in [0.25, 0.3) is 0 Å². The second-order valence-electron chi connectivity index (χ2n) is 4.16. The van der Waals surface area contributed by atoms with Crippen LogP contribution in [0.1, 0.15) is 22.9 Å². The van der Waals surface area contributed by atoms with Crippen molar-refractivity contribution in [3.63, 3.8) is 0 Å². The minimum Gasteiger partial charge on any atom is -0.359 e. The van der Waals surface area contributed by atoms with Crippen molar-refractivity contribution >= 4 is 22.8 Å². The normalized spacial score (nSPS) is 10.4. The molecule has 0 amide bonds. The highest BCUT2D eigenvalue weighted by Gasteiger charge is 2.18. The Morgan fingerprint density at radius 3 is 2.95 bits per heavy atom. The Kier molecular flexibility index (Phi) is 4.11. The zero-order valence-electron chi connectivity index (χ0n) is 10.8. The van der Waals surface area contributed by atoms with E-state index in [4.69, 9.17) is 0 Å². The molecule has 2 heterocycles. The second kappa shape index (κ2) is 5.79. The van der Waals surface area contributed by atoms with Crippen LogP contribution in [0.3, 0.4) is 0 Å². The van der Waals surface area contributed by atoms with Gasteiger partial charge >= 0.3 is 5.69 Å². The minimum atomic E-state index is -0.389. The smallest absolute Gasteiger partial charge is 0.314 e. The predicted molar refractivity (Wildman–Crippen MR) is 76.7 cm³/mol. The van der Waals surface area contributed by atoms with Gasteiger partial charge in [-0.05, 0) is 36.4 Å². The fourth-order valence-electron chi connectivity index (χ4n) is 1.91. The van der Waals surface area contributed by atoms with Crippen LogP contribution in [0.15, 0.2) is 23.7 Å². The van der Waals surface area contributed by atoms with Crippen LogP contribution in [0.2, 0.25) is 0 Å². The van der Waals surface area contributed by atoms with E-state index in [1.165, 1.54) is 10.4 Å². The van der Waals surface area contributed by atoms with E-state index in [-0.39, 0.29) is 10.6 Å². The standard InChI is InChI=1S/C13H15N3O2S/c1-3-10-5-7-19-11(10)8-15-13-12(16(17)18)9(2)4-6-14-13/h4-7H,3,8H2,1-2H3,(H,14,15). The molecule has 0 saturated heterocycles. The number of thiophene rings is 1. The molecule has 0 spiro atoms. The van der Waals surface area contributed by atoms with Gasteiger partial charge in [0, 0.05) is 16.6 Å². The van der Waals surface area contributed by atoms with Gasteiger partial charge in [0.25, 0.3) is 0 Å². The van der Waals surface area contributed by atoms with Crippen LogP contribution in [0, 0.1) is 17.0 Å². The molecule has 0 fully saturated rings. The van der Waals surface area contributed by atoms with Crippen molar-refractivity contribution in [2.24, 2.45) is 0 Å². The van der Waals surface area contributed by atoms with E-state index in [1.54, 1.807) is 30.5 Å². The summed E-state index contributed by atoms with van der Waals surface area (Å²) >= 11 is 1.65. The average Bonchev–Trinajstić information content (AvgIpc) is 2.83. The van der Waals surface area contributed by atoms with Gasteiger partial charge in [-0.15, -0.1) is 11.3 Å². The maximum Gasteiger partial charge on any atom is 0.314 e. The van der Waals surface area contributed by atoms with Gasteiger partial charge in [0.1, 0.15) is 0 Å². The topological polar surface area (TPSA) is 68.1 Å². The number of rotatable bonds is 5. The Morgan fingerprint density at radius 1 is 1.47 bits per heavy atom. The van der Waals surface area contributed by atoms with Crippen molar-refractivity contribution < 1.29 is 4.92 Å². The first-order chi connectivity index (χ1) is 9.13. The van der Waals surface area contributed by atoms with E-state index < -0.39 is 0 Å². The van der Waals surface area contributed by atoms with Crippen molar-refractivity contribution in [3.8, 4) is 0 Å². The molecule has 0 atom stereocenters. The number of hydrogen-bond acceptors (Lipinski definition) is 5. The predicted octanol–water partition coefficient (Wildman–Crippen LogP) is 3.53. The van der Waals surface area contributed by atoms with E-state index in [2.05, 4.69) is 23.3 Å². The van der Waals surface area contributed by atoms with E-state index in [0.29, 0.717) is 17.9 Å². The largest absolute Gasteiger partial charge is 0.359 e. The first-order valence-electron chi connectivity index (χ1n) is 6.02. The molecule has 0 aromatic carbocycles. The summed E-state index contributed by atoms with van der Waals surface area (Å²) in [5, 5.41) is 16.2. The molecule has 100 valence electrons. The second-order valence-corrected chi connectivity index (χ2v) is 5.16. The molecule has 0 aliphatic heterocycles. The Bertz CT molecular complexity index is 595. The molecule has 2 aromatic heterocycles. The molecule has 5 nitrogen and oxygen atoms in total. The van der Waals surface area contributed by atoms with E-state index in [9.17, 15) is 10.1 Å². The van der Waals surface area contributed by atoms with Gasteiger partial charge < -0.3 is 5.32 Å². The van der Waals surface area contributed by atoms with Gasteiger partial charge in [-0.2, -0.15) is 0 Å². The zero-order chi connectivity index (χ0) is 13.8. The summed E-state index contributed by atoms with van der Waals surface area (Å²) in [5.74, 6) is 0.334. The van der Waals surface area contributed by atoms with E-state index in [0.717, 1.165) is 6.42 Å². The van der Waals surface area contributed by atoms with Gasteiger partial charge in [0.05, 0.1) is 11.5 Å². The van der Waals surface area contributed by atoms with Crippen molar-refractivity contribution in [1.82, 2.24) is 4.98 Å². The fourth-order valence-corrected chi connectivity index (χ4v) is 2.83. The van der Waals surface area contributed by atoms with Crippen LogP contribution in [0.4, 0.5) is 11.5 Å². The molecule has 2 aromatic rings. The van der Waals surface area contributed by atoms with Crippen LogP contribution < -0.4 is 5.32 Å². The molecule has 0 aliphatic rings. The number of anilines is 1. The van der Waals surface area contributed by atoms with Crippen molar-refractivity contribution in [2.75, 3.05) is 5.32 Å². The lowest BCUT2D eigenvalue weighted by Crippen LogP contribution is -2.05. The molecule has 19 heavy (non-hydrogen) atoms. The highest BCUT2D eigenvalue weighted by molar-refractivity contribution is 7.10. The molecule has 0 saturated carbocycles. The summed E-state index contributed by atoms with van der Waals surface area (Å²) in [5.41, 5.74) is 1.94. The maximum atomic E-state index is 11.1. The summed E-state index contributed by atoms with van der Waals surface area (Å²) in [6.07, 6.45) is 2.55. The van der Waals surface area contributed by atoms with Crippen LogP contribution in [0.5, 0.6) is 0 Å². The first-order valence-corrected chi connectivity index (χ1v) is 6.90. The molecule has 2 rings (SSSR count). The average molecular weight is 277 g/mol. The molecule has 6 heteroatoms. The van der Waals surface area contributed by atoms with Crippen LogP contribution in [-0.2, 0) is 13.0 Å². The fraction of sp³-hybridized carbons (Fsp3) is 0.308. The number of nitrogens with one attached hydrogen (secondary N) is 1. The number of aryl methyl sites for hydroxylation is 2. The van der Waals surface area contributed by atoms with Gasteiger partial charge in [-0.25, -0.2) is 4.98 Å². The Hall–Kier alpha value is -1.95. The third-order valence-electron chi connectivity index (χ3n) is 2.94. The summed E-state index contributed by atoms with van der Waals surface area (Å²) in [6.45, 7) is 4.38. The maximum absolute atomic E-state index is 11.1. The molecule has 0 aliphatic carbocycles. The molecular formula is C13H15N3O2S. The van der Waals surface area contributed by atoms with Crippen LogP contribution >= 0.6 is 11.3 Å². The number of nitrogens with zero attached hydrogens (tertiary/aromatic N) is 2. The number of nitro groups is 1. The third kappa shape index (κ3) is 2.90. The summed E-state index contributed by atoms with van der Waals surface area (Å²) in [4.78, 5) is 15.9. The zero-order valence-corrected chi connectivity index (χ0v) is 11.7. The summed E-state index contributed by atoms with van der Waals surface area (Å²) in [6, 6.07) is 3.73. The van der Waals surface area contributed by atoms with Gasteiger partial charge in [0.2, 0.25) is 5.82 Å². The highest BCUT2D eigenvalue weighted by Crippen LogP contribution is 2.27.